The van der Waals surface area contributed by atoms with Gasteiger partial charge in [0.1, 0.15) is 0 Å². The Morgan fingerprint density at radius 1 is 0.240 bits per heavy atom. The maximum Gasteiger partial charge on any atom is 2.00 e. The standard InChI is InChI=1S/3C12H27OSi.C6H6.Cr.Na/c3*1-10(2,3)14(13,11(4,5)6)12(7,8)9;1-2-4-6-5-3-1;;/h3*1-9H3;1-6H;;/q3*-1;;+2;+1. The van der Waals surface area contributed by atoms with Gasteiger partial charge in [-0.2, -0.15) is 0 Å². The quantitative estimate of drug-likeness (QED) is 0.246. The van der Waals surface area contributed by atoms with Gasteiger partial charge in [-0.15, -0.1) is 0 Å². The van der Waals surface area contributed by atoms with Crippen molar-refractivity contribution in [2.75, 3.05) is 0 Å². The summed E-state index contributed by atoms with van der Waals surface area (Å²) in [7, 11) is -7.81. The van der Waals surface area contributed by atoms with Gasteiger partial charge in [-0.3, -0.25) is 0 Å². The molecule has 0 fully saturated rings. The topological polar surface area (TPSA) is 69.2 Å². The summed E-state index contributed by atoms with van der Waals surface area (Å²) in [6, 6.07) is 12.0. The van der Waals surface area contributed by atoms with Gasteiger partial charge in [-0.05, 0) is 25.0 Å². The third-order valence-corrected chi connectivity index (χ3v) is 29.2. The van der Waals surface area contributed by atoms with Crippen LogP contribution in [0.1, 0.15) is 187 Å². The summed E-state index contributed by atoms with van der Waals surface area (Å²) in [6.07, 6.45) is 0. The predicted molar refractivity (Wildman–Crippen MR) is 221 cm³/mol. The minimum absolute atomic E-state index is 0. The van der Waals surface area contributed by atoms with E-state index < -0.39 is 25.0 Å². The van der Waals surface area contributed by atoms with Gasteiger partial charge in [0.2, 0.25) is 0 Å². The van der Waals surface area contributed by atoms with Crippen molar-refractivity contribution < 1.29 is 61.3 Å². The van der Waals surface area contributed by atoms with E-state index >= 15 is 0 Å². The van der Waals surface area contributed by atoms with Gasteiger partial charge < -0.3 is 14.4 Å². The second kappa shape index (κ2) is 19.4. The van der Waals surface area contributed by atoms with Gasteiger partial charge in [0.05, 0.1) is 0 Å². The summed E-state index contributed by atoms with van der Waals surface area (Å²) < 4.78 is 0. The zero-order valence-electron chi connectivity index (χ0n) is 39.1. The first-order valence-electron chi connectivity index (χ1n) is 18.4. The molecule has 0 spiro atoms. The fraction of sp³-hybridized carbons (Fsp3) is 0.857. The molecule has 50 heavy (non-hydrogen) atoms. The zero-order chi connectivity index (χ0) is 40.2. The normalized spacial score (nSPS) is 14.3. The molecule has 0 aliphatic carbocycles. The maximum absolute atomic E-state index is 13.3. The molecule has 0 heterocycles. The fourth-order valence-electron chi connectivity index (χ4n) is 10.5. The van der Waals surface area contributed by atoms with Crippen molar-refractivity contribution in [1.29, 1.82) is 0 Å². The van der Waals surface area contributed by atoms with Crippen molar-refractivity contribution >= 4 is 25.0 Å². The molecule has 0 saturated carbocycles. The molecular formula is C42H87CrNaO3Si3. The first-order chi connectivity index (χ1) is 20.2. The average molecular weight is 799 g/mol. The maximum atomic E-state index is 13.3. The summed E-state index contributed by atoms with van der Waals surface area (Å²) in [5, 5.41) is -0.844. The third-order valence-electron chi connectivity index (χ3n) is 10.2. The Kier molecular flexibility index (Phi) is 23.5. The molecule has 0 atom stereocenters. The molecule has 0 saturated heterocycles. The fourth-order valence-corrected chi connectivity index (χ4v) is 30.8. The van der Waals surface area contributed by atoms with Crippen LogP contribution in [0.4, 0.5) is 0 Å². The summed E-state index contributed by atoms with van der Waals surface area (Å²) in [6.45, 7) is 57.1. The molecule has 0 aliphatic heterocycles. The molecule has 1 rings (SSSR count). The van der Waals surface area contributed by atoms with E-state index in [0.717, 1.165) is 0 Å². The molecule has 1 aromatic carbocycles. The summed E-state index contributed by atoms with van der Waals surface area (Å²) in [5.41, 5.74) is 0. The van der Waals surface area contributed by atoms with E-state index in [4.69, 9.17) is 0 Å². The van der Waals surface area contributed by atoms with Gasteiger partial charge in [0.25, 0.3) is 0 Å². The number of benzene rings is 1. The largest absolute Gasteiger partial charge is 2.00 e. The average Bonchev–Trinajstić information content (AvgIpc) is 2.78. The van der Waals surface area contributed by atoms with Gasteiger partial charge in [0.15, 0.2) is 0 Å². The van der Waals surface area contributed by atoms with Crippen LogP contribution in [0.25, 0.3) is 0 Å². The van der Waals surface area contributed by atoms with Gasteiger partial charge in [-0.25, -0.2) is 0 Å². The van der Waals surface area contributed by atoms with E-state index in [2.05, 4.69) is 187 Å². The molecule has 0 radical (unpaired) electrons. The Bertz CT molecular complexity index is 812. The summed E-state index contributed by atoms with van der Waals surface area (Å²) >= 11 is 0. The Morgan fingerprint density at radius 3 is 0.320 bits per heavy atom. The van der Waals surface area contributed by atoms with Crippen molar-refractivity contribution in [3.8, 4) is 0 Å². The van der Waals surface area contributed by atoms with E-state index in [1.165, 1.54) is 0 Å². The van der Waals surface area contributed by atoms with Crippen LogP contribution in [0, 0.1) is 0 Å². The third kappa shape index (κ3) is 14.7. The van der Waals surface area contributed by atoms with E-state index in [9.17, 15) is 14.4 Å². The van der Waals surface area contributed by atoms with E-state index in [1.54, 1.807) is 0 Å². The molecule has 0 N–H and O–H groups in total. The van der Waals surface area contributed by atoms with Crippen molar-refractivity contribution in [3.05, 3.63) is 36.4 Å². The molecule has 3 nitrogen and oxygen atoms in total. The Labute approximate surface area is 352 Å². The van der Waals surface area contributed by atoms with E-state index in [-0.39, 0.29) is 92.3 Å². The number of hydrogen-bond donors (Lipinski definition) is 0. The Hall–Kier alpha value is 1.28. The van der Waals surface area contributed by atoms with Crippen LogP contribution in [0.15, 0.2) is 36.4 Å². The van der Waals surface area contributed by atoms with Crippen molar-refractivity contribution in [2.24, 2.45) is 0 Å². The van der Waals surface area contributed by atoms with Gasteiger partial charge in [-0.1, -0.05) is 269 Å². The monoisotopic (exact) mass is 799 g/mol. The molecular weight excluding hydrogens is 712 g/mol. The Morgan fingerprint density at radius 2 is 0.300 bits per heavy atom. The molecule has 1 aromatic rings. The van der Waals surface area contributed by atoms with Crippen molar-refractivity contribution in [3.63, 3.8) is 0 Å². The van der Waals surface area contributed by atoms with Crippen molar-refractivity contribution in [1.82, 2.24) is 0 Å². The molecule has 0 aliphatic rings. The van der Waals surface area contributed by atoms with E-state index in [0.29, 0.717) is 0 Å². The van der Waals surface area contributed by atoms with Crippen LogP contribution in [-0.2, 0) is 17.4 Å². The van der Waals surface area contributed by atoms with Gasteiger partial charge >= 0.3 is 46.9 Å². The summed E-state index contributed by atoms with van der Waals surface area (Å²) in [5.74, 6) is 0. The molecule has 0 aromatic heterocycles. The van der Waals surface area contributed by atoms with Crippen molar-refractivity contribution in [2.45, 2.75) is 232 Å². The first-order valence-corrected chi connectivity index (χ1v) is 24.1. The van der Waals surface area contributed by atoms with Crippen LogP contribution in [0.5, 0.6) is 0 Å². The molecule has 0 bridgehead atoms. The van der Waals surface area contributed by atoms with Crippen LogP contribution in [0.2, 0.25) is 45.3 Å². The SMILES string of the molecule is CC(C)(C)[Si]([O-])(C(C)(C)C)C(C)(C)C.CC(C)(C)[Si]([O-])(C(C)(C)C)C(C)(C)C.CC(C)(C)[Si]([O-])(C(C)(C)C)C(C)(C)C.[Cr+2].[Na+].c1ccccc1. The van der Waals surface area contributed by atoms with Crippen LogP contribution >= 0.6 is 0 Å². The van der Waals surface area contributed by atoms with E-state index in [1.807, 2.05) is 36.4 Å². The second-order valence-electron chi connectivity index (χ2n) is 23.4. The predicted octanol–water partition coefficient (Wildman–Crippen LogP) is 9.77. The molecule has 0 amide bonds. The smallest absolute Gasteiger partial charge is 0.857 e. The van der Waals surface area contributed by atoms with Crippen LogP contribution < -0.4 is 43.9 Å². The molecule has 8 heteroatoms. The van der Waals surface area contributed by atoms with Crippen LogP contribution in [0.3, 0.4) is 0 Å². The number of hydrogen-bond acceptors (Lipinski definition) is 3. The molecule has 0 unspecified atom stereocenters. The zero-order valence-corrected chi connectivity index (χ0v) is 45.4. The number of rotatable bonds is 0. The summed E-state index contributed by atoms with van der Waals surface area (Å²) in [4.78, 5) is 39.9. The first kappa shape index (κ1) is 60.5. The van der Waals surface area contributed by atoms with Crippen LogP contribution in [-0.4, -0.2) is 25.0 Å². The second-order valence-corrected chi connectivity index (χ2v) is 41.0. The minimum atomic E-state index is -2.60. The van der Waals surface area contributed by atoms with Gasteiger partial charge in [0, 0.05) is 0 Å². The molecule has 292 valence electrons. The minimum Gasteiger partial charge on any atom is -0.857 e. The Balaban J connectivity index is -0.000000183.